The summed E-state index contributed by atoms with van der Waals surface area (Å²) >= 11 is 3.42. The molecular weight excluding hydrogens is 284 g/mol. The van der Waals surface area contributed by atoms with Gasteiger partial charge in [0.15, 0.2) is 0 Å². The first-order chi connectivity index (χ1) is 7.89. The Labute approximate surface area is 108 Å². The molecule has 0 amide bonds. The number of aliphatic imine (C=N–C) groups is 1. The molecular formula is C11H15BrN4O. The molecule has 0 radical (unpaired) electrons. The van der Waals surface area contributed by atoms with E-state index >= 15 is 0 Å². The maximum atomic E-state index is 9.81. The summed E-state index contributed by atoms with van der Waals surface area (Å²) in [7, 11) is 0. The summed E-state index contributed by atoms with van der Waals surface area (Å²) in [4.78, 5) is 6.51. The molecule has 2 aliphatic heterocycles. The van der Waals surface area contributed by atoms with Crippen LogP contribution in [0.4, 0.5) is 0 Å². The lowest BCUT2D eigenvalue weighted by Gasteiger charge is -2.42. The quantitative estimate of drug-likeness (QED) is 0.494. The van der Waals surface area contributed by atoms with Gasteiger partial charge in [-0.1, -0.05) is 0 Å². The molecule has 1 aliphatic carbocycles. The number of nitrogens with zero attached hydrogens (tertiary/aromatic N) is 2. The third-order valence-corrected chi connectivity index (χ3v) is 4.00. The summed E-state index contributed by atoms with van der Waals surface area (Å²) in [6, 6.07) is 0. The summed E-state index contributed by atoms with van der Waals surface area (Å²) < 4.78 is -0.860. The molecule has 0 aromatic carbocycles. The summed E-state index contributed by atoms with van der Waals surface area (Å²) in [5.41, 5.74) is 6.41. The molecule has 1 atom stereocenters. The fraction of sp³-hybridized carbons (Fsp3) is 0.545. The van der Waals surface area contributed by atoms with Gasteiger partial charge in [0, 0.05) is 24.5 Å². The number of amidine groups is 1. The number of halogens is 1. The van der Waals surface area contributed by atoms with E-state index in [0.717, 1.165) is 24.4 Å². The molecule has 6 heteroatoms. The molecule has 1 unspecified atom stereocenters. The molecule has 1 fully saturated rings. The van der Waals surface area contributed by atoms with Crippen LogP contribution in [0.1, 0.15) is 19.8 Å². The van der Waals surface area contributed by atoms with Crippen LogP contribution >= 0.6 is 15.9 Å². The zero-order valence-electron chi connectivity index (χ0n) is 9.52. The second-order valence-electron chi connectivity index (χ2n) is 5.13. The number of nitrogens with one attached hydrogen (secondary N) is 1. The average molecular weight is 299 g/mol. The minimum Gasteiger partial charge on any atom is -0.390 e. The monoisotopic (exact) mass is 298 g/mol. The number of alkyl halides is 1. The molecule has 0 bridgehead atoms. The second kappa shape index (κ2) is 3.34. The van der Waals surface area contributed by atoms with Gasteiger partial charge in [-0.25, -0.2) is 4.99 Å². The Hall–Kier alpha value is -0.850. The molecule has 92 valence electrons. The van der Waals surface area contributed by atoms with E-state index in [4.69, 9.17) is 5.73 Å². The van der Waals surface area contributed by atoms with E-state index in [1.54, 1.807) is 0 Å². The normalized spacial score (nSPS) is 43.5. The third kappa shape index (κ3) is 1.71. The van der Waals surface area contributed by atoms with Crippen molar-refractivity contribution in [2.75, 3.05) is 0 Å². The van der Waals surface area contributed by atoms with Gasteiger partial charge in [0.05, 0.1) is 11.3 Å². The van der Waals surface area contributed by atoms with Gasteiger partial charge in [0.2, 0.25) is 4.57 Å². The highest BCUT2D eigenvalue weighted by Gasteiger charge is 2.48. The maximum Gasteiger partial charge on any atom is 0.208 e. The van der Waals surface area contributed by atoms with E-state index in [0.29, 0.717) is 0 Å². The number of hydrogen-bond donors (Lipinski definition) is 3. The third-order valence-electron chi connectivity index (χ3n) is 3.42. The van der Waals surface area contributed by atoms with Crippen molar-refractivity contribution in [1.82, 2.24) is 10.2 Å². The van der Waals surface area contributed by atoms with Crippen LogP contribution in [0.2, 0.25) is 0 Å². The molecule has 3 rings (SSSR count). The number of aliphatic hydroxyl groups is 1. The van der Waals surface area contributed by atoms with Crippen molar-refractivity contribution in [1.29, 1.82) is 0 Å². The topological polar surface area (TPSA) is 73.9 Å². The highest BCUT2D eigenvalue weighted by Crippen LogP contribution is 2.44. The summed E-state index contributed by atoms with van der Waals surface area (Å²) in [5, 5.41) is 12.8. The van der Waals surface area contributed by atoms with Gasteiger partial charge in [-0.15, -0.1) is 0 Å². The lowest BCUT2D eigenvalue weighted by atomic mass is 9.71. The average Bonchev–Trinajstić information content (AvgIpc) is 2.48. The van der Waals surface area contributed by atoms with Crippen molar-refractivity contribution in [3.63, 3.8) is 0 Å². The molecule has 0 spiro atoms. The molecule has 3 aliphatic rings. The maximum absolute atomic E-state index is 9.81. The van der Waals surface area contributed by atoms with Crippen LogP contribution in [0.15, 0.2) is 29.3 Å². The Morgan fingerprint density at radius 2 is 2.35 bits per heavy atom. The predicted molar refractivity (Wildman–Crippen MR) is 68.8 cm³/mol. The van der Waals surface area contributed by atoms with Crippen LogP contribution < -0.4 is 11.1 Å². The van der Waals surface area contributed by atoms with Crippen molar-refractivity contribution < 1.29 is 5.11 Å². The molecule has 2 heterocycles. The Morgan fingerprint density at radius 1 is 1.65 bits per heavy atom. The van der Waals surface area contributed by atoms with Crippen molar-refractivity contribution in [3.05, 3.63) is 24.3 Å². The first-order valence-corrected chi connectivity index (χ1v) is 6.41. The summed E-state index contributed by atoms with van der Waals surface area (Å²) in [6.07, 6.45) is 7.06. The van der Waals surface area contributed by atoms with Crippen molar-refractivity contribution >= 4 is 21.8 Å². The van der Waals surface area contributed by atoms with E-state index in [-0.39, 0.29) is 5.92 Å². The Bertz CT molecular complexity index is 444. The number of fused-ring (bicyclic) bond motifs is 1. The lowest BCUT2D eigenvalue weighted by molar-refractivity contribution is -0.0374. The van der Waals surface area contributed by atoms with Crippen LogP contribution in [-0.4, -0.2) is 26.0 Å². The fourth-order valence-electron chi connectivity index (χ4n) is 2.61. The minimum atomic E-state index is -0.860. The van der Waals surface area contributed by atoms with Gasteiger partial charge in [0.25, 0.3) is 0 Å². The highest BCUT2D eigenvalue weighted by molar-refractivity contribution is 9.10. The first kappa shape index (κ1) is 11.3. The van der Waals surface area contributed by atoms with Gasteiger partial charge in [-0.3, -0.25) is 5.73 Å². The zero-order valence-corrected chi connectivity index (χ0v) is 11.1. The van der Waals surface area contributed by atoms with Gasteiger partial charge in [-0.05, 0) is 35.7 Å². The molecule has 0 aromatic rings. The van der Waals surface area contributed by atoms with E-state index in [9.17, 15) is 5.11 Å². The highest BCUT2D eigenvalue weighted by atomic mass is 79.9. The van der Waals surface area contributed by atoms with Gasteiger partial charge >= 0.3 is 0 Å². The van der Waals surface area contributed by atoms with Crippen LogP contribution in [0, 0.1) is 5.92 Å². The smallest absolute Gasteiger partial charge is 0.208 e. The molecule has 4 N–H and O–H groups in total. The molecule has 0 saturated heterocycles. The SMILES string of the molecule is CC1(O)CC(C2=NC(N)(Br)C3=CNC=CN32)C1. The van der Waals surface area contributed by atoms with E-state index < -0.39 is 10.2 Å². The van der Waals surface area contributed by atoms with Crippen molar-refractivity contribution in [2.24, 2.45) is 16.6 Å². The molecule has 0 aromatic heterocycles. The predicted octanol–water partition coefficient (Wildman–Crippen LogP) is 0.785. The van der Waals surface area contributed by atoms with Crippen LogP contribution in [0.25, 0.3) is 0 Å². The van der Waals surface area contributed by atoms with E-state index in [2.05, 4.69) is 26.2 Å². The zero-order chi connectivity index (χ0) is 12.3. The van der Waals surface area contributed by atoms with Gasteiger partial charge in [-0.2, -0.15) is 0 Å². The summed E-state index contributed by atoms with van der Waals surface area (Å²) in [6.45, 7) is 1.85. The number of nitrogens with two attached hydrogens (primary N) is 1. The number of rotatable bonds is 1. The van der Waals surface area contributed by atoms with Crippen molar-refractivity contribution in [2.45, 2.75) is 29.9 Å². The van der Waals surface area contributed by atoms with Crippen LogP contribution in [-0.2, 0) is 0 Å². The second-order valence-corrected chi connectivity index (χ2v) is 6.34. The molecule has 17 heavy (non-hydrogen) atoms. The largest absolute Gasteiger partial charge is 0.390 e. The Balaban J connectivity index is 1.88. The standard InChI is InChI=1S/C11H15BrN4O/c1-10(17)4-7(5-10)9-15-11(12,13)8-6-14-2-3-16(8)9/h2-3,6-7,14,17H,4-5,13H2,1H3. The van der Waals surface area contributed by atoms with Gasteiger partial charge in [0.1, 0.15) is 5.84 Å². The van der Waals surface area contributed by atoms with Crippen LogP contribution in [0.5, 0.6) is 0 Å². The molecule has 5 nitrogen and oxygen atoms in total. The van der Waals surface area contributed by atoms with Crippen molar-refractivity contribution in [3.8, 4) is 0 Å². The number of hydrogen-bond acceptors (Lipinski definition) is 5. The fourth-order valence-corrected chi connectivity index (χ4v) is 3.10. The Kier molecular flexibility index (Phi) is 2.21. The van der Waals surface area contributed by atoms with E-state index in [1.807, 2.05) is 30.4 Å². The Morgan fingerprint density at radius 3 is 3.00 bits per heavy atom. The lowest BCUT2D eigenvalue weighted by Crippen LogP contribution is -2.47. The van der Waals surface area contributed by atoms with Gasteiger partial charge < -0.3 is 15.3 Å². The first-order valence-electron chi connectivity index (χ1n) is 5.62. The molecule has 1 saturated carbocycles. The summed E-state index contributed by atoms with van der Waals surface area (Å²) in [5.74, 6) is 1.21. The van der Waals surface area contributed by atoms with E-state index in [1.165, 1.54) is 0 Å². The van der Waals surface area contributed by atoms with Crippen LogP contribution in [0.3, 0.4) is 0 Å². The minimum absolute atomic E-state index is 0.277.